The second-order valence-electron chi connectivity index (χ2n) is 4.15. The van der Waals surface area contributed by atoms with Crippen LogP contribution in [-0.4, -0.2) is 45.3 Å². The van der Waals surface area contributed by atoms with E-state index in [0.29, 0.717) is 10.7 Å². The van der Waals surface area contributed by atoms with E-state index >= 15 is 0 Å². The van der Waals surface area contributed by atoms with E-state index in [1.807, 2.05) is 0 Å². The molecule has 0 spiro atoms. The van der Waals surface area contributed by atoms with Crippen molar-refractivity contribution in [1.82, 2.24) is 9.27 Å². The fraction of sp³-hybridized carbons (Fsp3) is 0.556. The molecule has 9 heteroatoms. The number of rotatable bonds is 1. The number of hydrogen-bond donors (Lipinski definition) is 2. The van der Waals surface area contributed by atoms with Crippen LogP contribution in [0.5, 0.6) is 0 Å². The van der Waals surface area contributed by atoms with Crippen LogP contribution < -0.4 is 5.32 Å². The zero-order valence-corrected chi connectivity index (χ0v) is 10.1. The highest BCUT2D eigenvalue weighted by Gasteiger charge is 2.62. The fourth-order valence-electron chi connectivity index (χ4n) is 1.52. The van der Waals surface area contributed by atoms with E-state index in [1.54, 1.807) is 13.0 Å². The summed E-state index contributed by atoms with van der Waals surface area (Å²) in [5.41, 5.74) is -2.07. The van der Waals surface area contributed by atoms with Gasteiger partial charge >= 0.3 is 12.2 Å². The number of aliphatic hydroxyl groups is 1. The highest BCUT2D eigenvalue weighted by atomic mass is 32.1. The van der Waals surface area contributed by atoms with E-state index < -0.39 is 30.9 Å². The van der Waals surface area contributed by atoms with Crippen molar-refractivity contribution < 1.29 is 23.1 Å². The Hall–Kier alpha value is -1.35. The molecule has 0 aliphatic carbocycles. The van der Waals surface area contributed by atoms with Crippen molar-refractivity contribution in [3.05, 3.63) is 11.8 Å². The number of β-amino-alcohol motifs (C(OH)–C–C–N with tert-alkyl or cyclic N) is 1. The highest BCUT2D eigenvalue weighted by molar-refractivity contribution is 7.10. The number of aryl methyl sites for hydroxylation is 1. The maximum absolute atomic E-state index is 12.3. The summed E-state index contributed by atoms with van der Waals surface area (Å²) in [6.07, 6.45) is -4.72. The average Bonchev–Trinajstić information content (AvgIpc) is 2.57. The number of aromatic nitrogens is 1. The number of alkyl halides is 3. The lowest BCUT2D eigenvalue weighted by atomic mass is 9.94. The number of hydrogen-bond acceptors (Lipinski definition) is 4. The first kappa shape index (κ1) is 13.1. The Kier molecular flexibility index (Phi) is 2.98. The lowest BCUT2D eigenvalue weighted by Crippen LogP contribution is -2.70. The van der Waals surface area contributed by atoms with Gasteiger partial charge in [0.15, 0.2) is 5.60 Å². The average molecular weight is 281 g/mol. The summed E-state index contributed by atoms with van der Waals surface area (Å²) in [4.78, 5) is 12.4. The summed E-state index contributed by atoms with van der Waals surface area (Å²) in [6, 6.07) is 0.936. The Morgan fingerprint density at radius 3 is 2.67 bits per heavy atom. The van der Waals surface area contributed by atoms with Gasteiger partial charge in [-0.15, -0.1) is 0 Å². The summed E-state index contributed by atoms with van der Waals surface area (Å²) in [6.45, 7) is 0.235. The molecule has 0 bridgehead atoms. The van der Waals surface area contributed by atoms with E-state index in [-0.39, 0.29) is 0 Å². The third-order valence-electron chi connectivity index (χ3n) is 2.58. The Balaban J connectivity index is 1.91. The second-order valence-corrected chi connectivity index (χ2v) is 4.95. The van der Waals surface area contributed by atoms with Gasteiger partial charge in [-0.25, -0.2) is 4.79 Å². The van der Waals surface area contributed by atoms with Crippen LogP contribution in [0.3, 0.4) is 0 Å². The molecule has 1 fully saturated rings. The zero-order valence-electron chi connectivity index (χ0n) is 9.28. The molecular formula is C9H10F3N3O2S. The number of anilines is 1. The van der Waals surface area contributed by atoms with E-state index in [1.165, 1.54) is 0 Å². The van der Waals surface area contributed by atoms with E-state index in [4.69, 9.17) is 0 Å². The molecule has 0 saturated carbocycles. The normalized spacial score (nSPS) is 18.4. The molecule has 2 rings (SSSR count). The van der Waals surface area contributed by atoms with E-state index in [2.05, 4.69) is 9.69 Å². The van der Waals surface area contributed by atoms with Gasteiger partial charge in [-0.05, 0) is 24.5 Å². The van der Waals surface area contributed by atoms with Crippen molar-refractivity contribution in [3.8, 4) is 0 Å². The molecule has 0 radical (unpaired) electrons. The van der Waals surface area contributed by atoms with Gasteiger partial charge in [0, 0.05) is 0 Å². The monoisotopic (exact) mass is 281 g/mol. The quantitative estimate of drug-likeness (QED) is 0.821. The predicted octanol–water partition coefficient (Wildman–Crippen LogP) is 1.59. The molecule has 1 aromatic heterocycles. The molecule has 2 amide bonds. The Morgan fingerprint density at radius 1 is 1.61 bits per heavy atom. The second kappa shape index (κ2) is 4.09. The molecule has 100 valence electrons. The number of carbonyl (C=O) groups excluding carboxylic acids is 1. The molecule has 1 aromatic rings. The third-order valence-corrected chi connectivity index (χ3v) is 3.37. The van der Waals surface area contributed by atoms with E-state index in [9.17, 15) is 23.1 Å². The van der Waals surface area contributed by atoms with Gasteiger partial charge in [0.2, 0.25) is 0 Å². The van der Waals surface area contributed by atoms with Crippen LogP contribution in [0.4, 0.5) is 23.0 Å². The minimum absolute atomic E-state index is 0.458. The first-order valence-corrected chi connectivity index (χ1v) is 5.77. The van der Waals surface area contributed by atoms with Crippen LogP contribution in [0.2, 0.25) is 0 Å². The number of likely N-dealkylation sites (tertiary alicyclic amines) is 1. The maximum Gasteiger partial charge on any atom is 0.420 e. The van der Waals surface area contributed by atoms with Gasteiger partial charge in [-0.1, -0.05) is 0 Å². The molecule has 2 heterocycles. The number of carbonyl (C=O) groups is 1. The van der Waals surface area contributed by atoms with Crippen LogP contribution in [0.1, 0.15) is 5.69 Å². The minimum Gasteiger partial charge on any atom is -0.378 e. The summed E-state index contributed by atoms with van der Waals surface area (Å²) in [5, 5.41) is 12.1. The van der Waals surface area contributed by atoms with Crippen molar-refractivity contribution >= 4 is 22.6 Å². The fourth-order valence-corrected chi connectivity index (χ4v) is 2.17. The molecule has 1 aliphatic heterocycles. The van der Waals surface area contributed by atoms with Gasteiger partial charge in [-0.3, -0.25) is 5.32 Å². The number of amides is 2. The van der Waals surface area contributed by atoms with Gasteiger partial charge < -0.3 is 10.0 Å². The maximum atomic E-state index is 12.3. The topological polar surface area (TPSA) is 65.5 Å². The molecule has 18 heavy (non-hydrogen) atoms. The molecule has 0 atom stereocenters. The molecule has 0 aromatic carbocycles. The molecule has 5 nitrogen and oxygen atoms in total. The van der Waals surface area contributed by atoms with Gasteiger partial charge in [0.1, 0.15) is 5.00 Å². The van der Waals surface area contributed by atoms with Crippen molar-refractivity contribution in [2.45, 2.75) is 18.7 Å². The molecule has 0 unspecified atom stereocenters. The summed E-state index contributed by atoms with van der Waals surface area (Å²) < 4.78 is 40.9. The Bertz CT molecular complexity index is 468. The minimum atomic E-state index is -4.72. The third kappa shape index (κ3) is 2.27. The van der Waals surface area contributed by atoms with Crippen LogP contribution in [0.15, 0.2) is 6.07 Å². The smallest absolute Gasteiger partial charge is 0.378 e. The molecule has 1 aliphatic rings. The SMILES string of the molecule is Cc1cc(NC(=O)N2CC(O)(C(F)(F)F)C2)sn1. The highest BCUT2D eigenvalue weighted by Crippen LogP contribution is 2.37. The standard InChI is InChI=1S/C9H10F3N3O2S/c1-5-2-6(18-14-5)13-7(16)15-3-8(17,4-15)9(10,11)12/h2,17H,3-4H2,1H3,(H,13,16). The number of nitrogens with zero attached hydrogens (tertiary/aromatic N) is 2. The first-order valence-electron chi connectivity index (χ1n) is 5.00. The van der Waals surface area contributed by atoms with Crippen molar-refractivity contribution in [2.75, 3.05) is 18.4 Å². The first-order chi connectivity index (χ1) is 8.21. The lowest BCUT2D eigenvalue weighted by molar-refractivity contribution is -0.293. The molecule has 1 saturated heterocycles. The van der Waals surface area contributed by atoms with E-state index in [0.717, 1.165) is 16.4 Å². The number of nitrogens with one attached hydrogen (secondary N) is 1. The predicted molar refractivity (Wildman–Crippen MR) is 58.4 cm³/mol. The van der Waals surface area contributed by atoms with Gasteiger partial charge in [0.05, 0.1) is 18.8 Å². The number of halogens is 3. The summed E-state index contributed by atoms with van der Waals surface area (Å²) in [7, 11) is 0. The molecule has 2 N–H and O–H groups in total. The van der Waals surface area contributed by atoms with Crippen LogP contribution >= 0.6 is 11.5 Å². The van der Waals surface area contributed by atoms with Crippen LogP contribution in [0.25, 0.3) is 0 Å². The molecular weight excluding hydrogens is 271 g/mol. The van der Waals surface area contributed by atoms with Gasteiger partial charge in [0.25, 0.3) is 0 Å². The lowest BCUT2D eigenvalue weighted by Gasteiger charge is -2.46. The van der Waals surface area contributed by atoms with Crippen molar-refractivity contribution in [1.29, 1.82) is 0 Å². The van der Waals surface area contributed by atoms with Gasteiger partial charge in [-0.2, -0.15) is 17.5 Å². The summed E-state index contributed by atoms with van der Waals surface area (Å²) in [5.74, 6) is 0. The Morgan fingerprint density at radius 2 is 2.22 bits per heavy atom. The largest absolute Gasteiger partial charge is 0.420 e. The van der Waals surface area contributed by atoms with Crippen LogP contribution in [0, 0.1) is 6.92 Å². The number of urea groups is 1. The van der Waals surface area contributed by atoms with Crippen molar-refractivity contribution in [3.63, 3.8) is 0 Å². The van der Waals surface area contributed by atoms with Crippen molar-refractivity contribution in [2.24, 2.45) is 0 Å². The zero-order chi connectivity index (χ0) is 13.6. The summed E-state index contributed by atoms with van der Waals surface area (Å²) >= 11 is 1.04. The van der Waals surface area contributed by atoms with Crippen LogP contribution in [-0.2, 0) is 0 Å². The Labute approximate surface area is 104 Å².